The minimum Gasteiger partial charge on any atom is -0.550 e. The predicted octanol–water partition coefficient (Wildman–Crippen LogP) is -3.39. The molecule has 0 aromatic rings. The molecular formula is C5H9NaO2S2. The van der Waals surface area contributed by atoms with Gasteiger partial charge in [-0.1, -0.05) is 0 Å². The van der Waals surface area contributed by atoms with Crippen LogP contribution in [0.25, 0.3) is 0 Å². The molecule has 0 amide bonds. The Kier molecular flexibility index (Phi) is 11.4. The molecular weight excluding hydrogens is 179 g/mol. The van der Waals surface area contributed by atoms with Gasteiger partial charge in [0.15, 0.2) is 0 Å². The molecule has 0 aliphatic carbocycles. The smallest absolute Gasteiger partial charge is 0.550 e. The van der Waals surface area contributed by atoms with Crippen molar-refractivity contribution in [1.29, 1.82) is 0 Å². The molecule has 54 valence electrons. The van der Waals surface area contributed by atoms with Gasteiger partial charge in [-0.2, -0.15) is 25.3 Å². The zero-order valence-corrected chi connectivity index (χ0v) is 9.70. The summed E-state index contributed by atoms with van der Waals surface area (Å²) in [4.78, 5) is 10.1. The third kappa shape index (κ3) is 5.92. The summed E-state index contributed by atoms with van der Waals surface area (Å²) >= 11 is 7.72. The van der Waals surface area contributed by atoms with Crippen LogP contribution in [-0.2, 0) is 4.79 Å². The van der Waals surface area contributed by atoms with Crippen molar-refractivity contribution in [2.45, 2.75) is 6.42 Å². The first kappa shape index (κ1) is 13.7. The van der Waals surface area contributed by atoms with Gasteiger partial charge < -0.3 is 9.90 Å². The molecule has 0 aliphatic rings. The molecule has 0 aromatic carbocycles. The third-order valence-corrected chi connectivity index (χ3v) is 1.73. The fourth-order valence-electron chi connectivity index (χ4n) is 0.440. The van der Waals surface area contributed by atoms with Gasteiger partial charge in [-0.05, 0) is 17.9 Å². The number of thiol groups is 2. The van der Waals surface area contributed by atoms with E-state index in [1.165, 1.54) is 0 Å². The van der Waals surface area contributed by atoms with Gasteiger partial charge in [-0.15, -0.1) is 0 Å². The summed E-state index contributed by atoms with van der Waals surface area (Å²) in [6, 6.07) is 0. The Labute approximate surface area is 93.9 Å². The number of carboxylic acids is 1. The topological polar surface area (TPSA) is 40.1 Å². The van der Waals surface area contributed by atoms with Crippen molar-refractivity contribution in [3.05, 3.63) is 0 Å². The molecule has 0 rings (SSSR count). The Morgan fingerprint density at radius 3 is 2.10 bits per heavy atom. The van der Waals surface area contributed by atoms with E-state index < -0.39 is 11.9 Å². The maximum absolute atomic E-state index is 10.1. The van der Waals surface area contributed by atoms with Gasteiger partial charge in [0.05, 0.1) is 0 Å². The molecule has 0 saturated carbocycles. The van der Waals surface area contributed by atoms with Crippen LogP contribution in [0.4, 0.5) is 0 Å². The molecule has 10 heavy (non-hydrogen) atoms. The minimum atomic E-state index is -1.03. The van der Waals surface area contributed by atoms with Crippen LogP contribution in [0.2, 0.25) is 0 Å². The Morgan fingerprint density at radius 1 is 1.50 bits per heavy atom. The molecule has 2 nitrogen and oxygen atoms in total. The SMILES string of the molecule is O=C([O-])C(CS)CCS.[Na+]. The summed E-state index contributed by atoms with van der Waals surface area (Å²) in [5, 5.41) is 10.1. The number of carbonyl (C=O) groups excluding carboxylic acids is 1. The average Bonchev–Trinajstić information content (AvgIpc) is 1.82. The van der Waals surface area contributed by atoms with Crippen molar-refractivity contribution < 1.29 is 39.5 Å². The number of aliphatic carboxylic acids is 1. The normalized spacial score (nSPS) is 11.8. The first-order chi connectivity index (χ1) is 4.22. The van der Waals surface area contributed by atoms with E-state index in [1.807, 2.05) is 0 Å². The van der Waals surface area contributed by atoms with Crippen molar-refractivity contribution in [2.75, 3.05) is 11.5 Å². The quantitative estimate of drug-likeness (QED) is 0.357. The molecule has 0 bridgehead atoms. The molecule has 0 fully saturated rings. The number of hydrogen-bond acceptors (Lipinski definition) is 4. The summed E-state index contributed by atoms with van der Waals surface area (Å²) in [6.45, 7) is 0. The zero-order valence-electron chi connectivity index (χ0n) is 5.91. The van der Waals surface area contributed by atoms with Crippen molar-refractivity contribution >= 4 is 31.2 Å². The molecule has 0 aromatic heterocycles. The third-order valence-electron chi connectivity index (χ3n) is 1.03. The molecule has 0 N–H and O–H groups in total. The van der Waals surface area contributed by atoms with Crippen LogP contribution in [0.3, 0.4) is 0 Å². The van der Waals surface area contributed by atoms with E-state index in [9.17, 15) is 9.90 Å². The number of carboxylic acid groups (broad SMARTS) is 1. The summed E-state index contributed by atoms with van der Waals surface area (Å²) in [6.07, 6.45) is 0.537. The van der Waals surface area contributed by atoms with E-state index in [1.54, 1.807) is 0 Å². The van der Waals surface area contributed by atoms with Crippen molar-refractivity contribution in [3.63, 3.8) is 0 Å². The van der Waals surface area contributed by atoms with E-state index in [-0.39, 0.29) is 29.6 Å². The average molecular weight is 188 g/mol. The standard InChI is InChI=1S/C5H10O2S2.Na/c6-5(7)4(3-9)1-2-8;/h4,8-9H,1-3H2,(H,6,7);/q;+1/p-1. The summed E-state index contributed by atoms with van der Waals surface area (Å²) < 4.78 is 0. The van der Waals surface area contributed by atoms with Crippen LogP contribution in [0.5, 0.6) is 0 Å². The summed E-state index contributed by atoms with van der Waals surface area (Å²) in [7, 11) is 0. The summed E-state index contributed by atoms with van der Waals surface area (Å²) in [5.74, 6) is -0.563. The van der Waals surface area contributed by atoms with E-state index in [4.69, 9.17) is 0 Å². The van der Waals surface area contributed by atoms with Crippen LogP contribution in [-0.4, -0.2) is 17.5 Å². The van der Waals surface area contributed by atoms with Crippen LogP contribution < -0.4 is 34.7 Å². The maximum Gasteiger partial charge on any atom is 1.00 e. The van der Waals surface area contributed by atoms with Crippen molar-refractivity contribution in [3.8, 4) is 0 Å². The van der Waals surface area contributed by atoms with Gasteiger partial charge in [0, 0.05) is 11.9 Å². The molecule has 1 atom stereocenters. The first-order valence-electron chi connectivity index (χ1n) is 2.65. The molecule has 1 unspecified atom stereocenters. The monoisotopic (exact) mass is 188 g/mol. The maximum atomic E-state index is 10.1. The van der Waals surface area contributed by atoms with Crippen molar-refractivity contribution in [1.82, 2.24) is 0 Å². The van der Waals surface area contributed by atoms with Crippen LogP contribution in [0, 0.1) is 5.92 Å². The second-order valence-corrected chi connectivity index (χ2v) is 2.52. The van der Waals surface area contributed by atoms with Gasteiger partial charge >= 0.3 is 29.6 Å². The van der Waals surface area contributed by atoms with Gasteiger partial charge in [-0.25, -0.2) is 0 Å². The summed E-state index contributed by atoms with van der Waals surface area (Å²) in [5.41, 5.74) is 0. The molecule has 0 heterocycles. The van der Waals surface area contributed by atoms with Crippen LogP contribution in [0.1, 0.15) is 6.42 Å². The fourth-order valence-corrected chi connectivity index (χ4v) is 1.08. The van der Waals surface area contributed by atoms with E-state index in [0.717, 1.165) is 0 Å². The van der Waals surface area contributed by atoms with Gasteiger partial charge in [0.2, 0.25) is 0 Å². The molecule has 5 heteroatoms. The molecule has 0 spiro atoms. The molecule has 0 saturated heterocycles. The Hall–Kier alpha value is 1.17. The predicted molar refractivity (Wildman–Crippen MR) is 40.8 cm³/mol. The zero-order chi connectivity index (χ0) is 7.28. The van der Waals surface area contributed by atoms with Gasteiger partial charge in [0.25, 0.3) is 0 Å². The second-order valence-electron chi connectivity index (χ2n) is 1.71. The number of carbonyl (C=O) groups is 1. The van der Waals surface area contributed by atoms with Gasteiger partial charge in [-0.3, -0.25) is 0 Å². The Balaban J connectivity index is 0. The van der Waals surface area contributed by atoms with Crippen LogP contribution >= 0.6 is 25.3 Å². The molecule has 0 aliphatic heterocycles. The van der Waals surface area contributed by atoms with E-state index in [2.05, 4.69) is 25.3 Å². The van der Waals surface area contributed by atoms with Gasteiger partial charge in [0.1, 0.15) is 0 Å². The van der Waals surface area contributed by atoms with Crippen LogP contribution in [0.15, 0.2) is 0 Å². The Bertz CT molecular complexity index is 99.6. The van der Waals surface area contributed by atoms with E-state index in [0.29, 0.717) is 17.9 Å². The minimum absolute atomic E-state index is 0. The van der Waals surface area contributed by atoms with E-state index >= 15 is 0 Å². The molecule has 0 radical (unpaired) electrons. The number of rotatable bonds is 4. The second kappa shape index (κ2) is 8.27. The first-order valence-corrected chi connectivity index (χ1v) is 3.91. The largest absolute Gasteiger partial charge is 1.00 e. The van der Waals surface area contributed by atoms with Crippen molar-refractivity contribution in [2.24, 2.45) is 5.92 Å². The Morgan fingerprint density at radius 2 is 2.00 bits per heavy atom. The fraction of sp³-hybridized carbons (Fsp3) is 0.800. The number of hydrogen-bond donors (Lipinski definition) is 2.